The minimum Gasteiger partial charge on any atom is -0.282 e. The Morgan fingerprint density at radius 2 is 1.68 bits per heavy atom. The predicted octanol–water partition coefficient (Wildman–Crippen LogP) is 3.02. The zero-order valence-electron chi connectivity index (χ0n) is 13.5. The number of hydrogen-bond acceptors (Lipinski definition) is 4. The molecule has 3 rings (SSSR count). The largest absolute Gasteiger partial charge is 0.282 e. The third-order valence-corrected chi connectivity index (χ3v) is 6.70. The maximum absolute atomic E-state index is 12.8. The van der Waals surface area contributed by atoms with Crippen LogP contribution in [0.4, 0.5) is 0 Å². The Balaban J connectivity index is 1.72. The third-order valence-electron chi connectivity index (χ3n) is 4.31. The Hall–Kier alpha value is -1.72. The van der Waals surface area contributed by atoms with Crippen LogP contribution in [0.2, 0.25) is 0 Å². The van der Waals surface area contributed by atoms with Gasteiger partial charge in [-0.25, -0.2) is 8.42 Å². The maximum atomic E-state index is 12.8. The predicted molar refractivity (Wildman–Crippen MR) is 99.3 cm³/mol. The van der Waals surface area contributed by atoms with E-state index in [1.54, 1.807) is 24.3 Å². The maximum Gasteiger partial charge on any atom is 0.243 e. The normalized spacial score (nSPS) is 17.8. The lowest BCUT2D eigenvalue weighted by atomic mass is 10.1. The van der Waals surface area contributed by atoms with Crippen molar-refractivity contribution in [2.24, 2.45) is 0 Å². The molecule has 0 spiro atoms. The Morgan fingerprint density at radius 3 is 2.28 bits per heavy atom. The molecule has 25 heavy (non-hydrogen) atoms. The average molecular weight is 420 g/mol. The van der Waals surface area contributed by atoms with Gasteiger partial charge in [-0.15, -0.1) is 0 Å². The Morgan fingerprint density at radius 1 is 1.00 bits per heavy atom. The van der Waals surface area contributed by atoms with Gasteiger partial charge in [-0.05, 0) is 23.8 Å². The SMILES string of the molecule is N#CC(c1ccccc1)N1CCN(S(=O)(=O)c2cccc(Br)c2)CC1. The van der Waals surface area contributed by atoms with Gasteiger partial charge in [-0.3, -0.25) is 4.90 Å². The second kappa shape index (κ2) is 7.67. The molecule has 5 nitrogen and oxygen atoms in total. The van der Waals surface area contributed by atoms with Crippen molar-refractivity contribution >= 4 is 26.0 Å². The van der Waals surface area contributed by atoms with Crippen LogP contribution < -0.4 is 0 Å². The molecule has 0 aromatic heterocycles. The first kappa shape index (κ1) is 18.1. The Labute approximate surface area is 156 Å². The molecule has 7 heteroatoms. The Bertz CT molecular complexity index is 873. The van der Waals surface area contributed by atoms with E-state index in [9.17, 15) is 13.7 Å². The van der Waals surface area contributed by atoms with E-state index in [2.05, 4.69) is 22.0 Å². The van der Waals surface area contributed by atoms with Crippen LogP contribution in [0.25, 0.3) is 0 Å². The van der Waals surface area contributed by atoms with Gasteiger partial charge in [-0.1, -0.05) is 52.3 Å². The summed E-state index contributed by atoms with van der Waals surface area (Å²) in [4.78, 5) is 2.32. The fourth-order valence-corrected chi connectivity index (χ4v) is 5.00. The lowest BCUT2D eigenvalue weighted by Gasteiger charge is -2.36. The van der Waals surface area contributed by atoms with Gasteiger partial charge in [0, 0.05) is 30.7 Å². The molecule has 0 radical (unpaired) electrons. The molecule has 1 aliphatic rings. The quantitative estimate of drug-likeness (QED) is 0.763. The van der Waals surface area contributed by atoms with Gasteiger partial charge >= 0.3 is 0 Å². The molecule has 1 saturated heterocycles. The lowest BCUT2D eigenvalue weighted by molar-refractivity contribution is 0.162. The van der Waals surface area contributed by atoms with Crippen LogP contribution >= 0.6 is 15.9 Å². The minimum atomic E-state index is -3.51. The van der Waals surface area contributed by atoms with Crippen LogP contribution in [0, 0.1) is 11.3 Å². The first-order valence-electron chi connectivity index (χ1n) is 7.97. The van der Waals surface area contributed by atoms with Gasteiger partial charge < -0.3 is 0 Å². The number of sulfonamides is 1. The molecule has 1 fully saturated rings. The fourth-order valence-electron chi connectivity index (χ4n) is 2.98. The zero-order chi connectivity index (χ0) is 17.9. The van der Waals surface area contributed by atoms with Gasteiger partial charge in [0.25, 0.3) is 0 Å². The summed E-state index contributed by atoms with van der Waals surface area (Å²) in [6.45, 7) is 1.81. The topological polar surface area (TPSA) is 64.4 Å². The second-order valence-electron chi connectivity index (χ2n) is 5.84. The summed E-state index contributed by atoms with van der Waals surface area (Å²) >= 11 is 3.32. The number of halogens is 1. The smallest absolute Gasteiger partial charge is 0.243 e. The highest BCUT2D eigenvalue weighted by Gasteiger charge is 2.31. The van der Waals surface area contributed by atoms with Crippen LogP contribution in [0.15, 0.2) is 64.0 Å². The first-order chi connectivity index (χ1) is 12.0. The number of benzene rings is 2. The van der Waals surface area contributed by atoms with Crippen molar-refractivity contribution in [2.75, 3.05) is 26.2 Å². The van der Waals surface area contributed by atoms with Gasteiger partial charge in [0.1, 0.15) is 6.04 Å². The van der Waals surface area contributed by atoms with Crippen molar-refractivity contribution in [3.8, 4) is 6.07 Å². The van der Waals surface area contributed by atoms with E-state index in [1.165, 1.54) is 4.31 Å². The summed E-state index contributed by atoms with van der Waals surface area (Å²) in [5, 5.41) is 9.54. The highest BCUT2D eigenvalue weighted by Crippen LogP contribution is 2.25. The van der Waals surface area contributed by atoms with Crippen molar-refractivity contribution in [3.63, 3.8) is 0 Å². The van der Waals surface area contributed by atoms with E-state index in [-0.39, 0.29) is 10.9 Å². The van der Waals surface area contributed by atoms with Crippen LogP contribution in [0.3, 0.4) is 0 Å². The molecule has 2 aromatic rings. The molecule has 0 saturated carbocycles. The highest BCUT2D eigenvalue weighted by molar-refractivity contribution is 9.10. The summed E-state index contributed by atoms with van der Waals surface area (Å²) in [5.41, 5.74) is 0.938. The van der Waals surface area contributed by atoms with Crippen molar-refractivity contribution in [1.82, 2.24) is 9.21 Å². The van der Waals surface area contributed by atoms with E-state index in [0.29, 0.717) is 26.2 Å². The molecule has 1 heterocycles. The van der Waals surface area contributed by atoms with Crippen LogP contribution in [-0.2, 0) is 10.0 Å². The minimum absolute atomic E-state index is 0.287. The second-order valence-corrected chi connectivity index (χ2v) is 8.69. The van der Waals surface area contributed by atoms with Crippen molar-refractivity contribution in [2.45, 2.75) is 10.9 Å². The number of nitriles is 1. The summed E-state index contributed by atoms with van der Waals surface area (Å²) in [6.07, 6.45) is 0. The number of rotatable bonds is 4. The number of piperazine rings is 1. The van der Waals surface area contributed by atoms with Gasteiger partial charge in [0.05, 0.1) is 11.0 Å². The molecular formula is C18H18BrN3O2S. The van der Waals surface area contributed by atoms with Crippen molar-refractivity contribution in [1.29, 1.82) is 5.26 Å². The molecule has 1 aliphatic heterocycles. The number of hydrogen-bond donors (Lipinski definition) is 0. The van der Waals surface area contributed by atoms with E-state index in [0.717, 1.165) is 10.0 Å². The summed E-state index contributed by atoms with van der Waals surface area (Å²) in [7, 11) is -3.51. The van der Waals surface area contributed by atoms with Crippen molar-refractivity contribution in [3.05, 3.63) is 64.6 Å². The molecule has 130 valence electrons. The van der Waals surface area contributed by atoms with Crippen molar-refractivity contribution < 1.29 is 8.42 Å². The summed E-state index contributed by atoms with van der Waals surface area (Å²) in [6, 6.07) is 18.3. The zero-order valence-corrected chi connectivity index (χ0v) is 15.9. The first-order valence-corrected chi connectivity index (χ1v) is 10.2. The van der Waals surface area contributed by atoms with E-state index >= 15 is 0 Å². The molecular weight excluding hydrogens is 402 g/mol. The van der Waals surface area contributed by atoms with E-state index in [4.69, 9.17) is 0 Å². The molecule has 0 bridgehead atoms. The highest BCUT2D eigenvalue weighted by atomic mass is 79.9. The molecule has 1 atom stereocenters. The molecule has 0 N–H and O–H groups in total. The Kier molecular flexibility index (Phi) is 5.54. The summed E-state index contributed by atoms with van der Waals surface area (Å²) in [5.74, 6) is 0. The van der Waals surface area contributed by atoms with Crippen LogP contribution in [0.5, 0.6) is 0 Å². The van der Waals surface area contributed by atoms with Gasteiger partial charge in [0.15, 0.2) is 0 Å². The number of nitrogens with zero attached hydrogens (tertiary/aromatic N) is 3. The van der Waals surface area contributed by atoms with Gasteiger partial charge in [0.2, 0.25) is 10.0 Å². The average Bonchev–Trinajstić information content (AvgIpc) is 2.64. The summed E-state index contributed by atoms with van der Waals surface area (Å²) < 4.78 is 27.8. The molecule has 0 amide bonds. The van der Waals surface area contributed by atoms with Crippen LogP contribution in [0.1, 0.15) is 11.6 Å². The van der Waals surface area contributed by atoms with Gasteiger partial charge in [-0.2, -0.15) is 9.57 Å². The molecule has 0 aliphatic carbocycles. The molecule has 1 unspecified atom stereocenters. The monoisotopic (exact) mass is 419 g/mol. The van der Waals surface area contributed by atoms with E-state index < -0.39 is 10.0 Å². The third kappa shape index (κ3) is 3.93. The lowest BCUT2D eigenvalue weighted by Crippen LogP contribution is -2.49. The van der Waals surface area contributed by atoms with E-state index in [1.807, 2.05) is 35.2 Å². The van der Waals surface area contributed by atoms with Crippen LogP contribution in [-0.4, -0.2) is 43.8 Å². The fraction of sp³-hybridized carbons (Fsp3) is 0.278. The molecule has 2 aromatic carbocycles. The standard InChI is InChI=1S/C18H18BrN3O2S/c19-16-7-4-8-17(13-16)25(23,24)22-11-9-21(10-12-22)18(14-20)15-5-2-1-3-6-15/h1-8,13,18H,9-12H2.